The third-order valence-electron chi connectivity index (χ3n) is 3.90. The Balaban J connectivity index is 1.61. The smallest absolute Gasteiger partial charge is 0.251 e. The molecule has 1 N–H and O–H groups in total. The van der Waals surface area contributed by atoms with Gasteiger partial charge in [0, 0.05) is 19.0 Å². The first kappa shape index (κ1) is 16.8. The van der Waals surface area contributed by atoms with E-state index < -0.39 is 0 Å². The standard InChI is InChI=1S/C19H20N2O4/c1-12-21-15-11-14(5-7-16(15)25-12)19(22)20-9-8-13-4-6-17(23-2)18(10-13)24-3/h4-7,10-11H,8-9H2,1-3H3,(H,20,22). The van der Waals surface area contributed by atoms with E-state index in [2.05, 4.69) is 10.3 Å². The van der Waals surface area contributed by atoms with E-state index in [4.69, 9.17) is 13.9 Å². The van der Waals surface area contributed by atoms with Crippen molar-refractivity contribution in [1.82, 2.24) is 10.3 Å². The Labute approximate surface area is 145 Å². The van der Waals surface area contributed by atoms with Crippen LogP contribution in [0.15, 0.2) is 40.8 Å². The number of oxazole rings is 1. The lowest BCUT2D eigenvalue weighted by molar-refractivity contribution is 0.0954. The molecule has 0 unspecified atom stereocenters. The SMILES string of the molecule is COc1ccc(CCNC(=O)c2ccc3oc(C)nc3c2)cc1OC. The summed E-state index contributed by atoms with van der Waals surface area (Å²) in [4.78, 5) is 16.5. The van der Waals surface area contributed by atoms with Gasteiger partial charge in [-0.15, -0.1) is 0 Å². The van der Waals surface area contributed by atoms with Crippen LogP contribution >= 0.6 is 0 Å². The van der Waals surface area contributed by atoms with Crippen LogP contribution in [0, 0.1) is 6.92 Å². The molecule has 0 radical (unpaired) electrons. The van der Waals surface area contributed by atoms with Crippen LogP contribution in [0.3, 0.4) is 0 Å². The quantitative estimate of drug-likeness (QED) is 0.746. The fraction of sp³-hybridized carbons (Fsp3) is 0.263. The molecule has 6 heteroatoms. The van der Waals surface area contributed by atoms with Gasteiger partial charge in [0.2, 0.25) is 0 Å². The number of methoxy groups -OCH3 is 2. The van der Waals surface area contributed by atoms with Gasteiger partial charge in [0.25, 0.3) is 5.91 Å². The number of fused-ring (bicyclic) bond motifs is 1. The maximum absolute atomic E-state index is 12.3. The number of ether oxygens (including phenoxy) is 2. The van der Waals surface area contributed by atoms with Crippen molar-refractivity contribution in [3.63, 3.8) is 0 Å². The zero-order chi connectivity index (χ0) is 17.8. The second-order valence-corrected chi connectivity index (χ2v) is 5.61. The van der Waals surface area contributed by atoms with Crippen molar-refractivity contribution in [2.75, 3.05) is 20.8 Å². The zero-order valence-electron chi connectivity index (χ0n) is 14.5. The van der Waals surface area contributed by atoms with Crippen LogP contribution in [0.5, 0.6) is 11.5 Å². The van der Waals surface area contributed by atoms with Gasteiger partial charge in [-0.2, -0.15) is 0 Å². The van der Waals surface area contributed by atoms with Crippen LogP contribution in [0.25, 0.3) is 11.1 Å². The summed E-state index contributed by atoms with van der Waals surface area (Å²) in [5, 5.41) is 2.92. The number of hydrogen-bond donors (Lipinski definition) is 1. The van der Waals surface area contributed by atoms with E-state index in [9.17, 15) is 4.79 Å². The van der Waals surface area contributed by atoms with E-state index in [0.29, 0.717) is 47.0 Å². The normalized spacial score (nSPS) is 10.7. The number of benzene rings is 2. The fourth-order valence-electron chi connectivity index (χ4n) is 2.64. The second-order valence-electron chi connectivity index (χ2n) is 5.61. The van der Waals surface area contributed by atoms with Crippen molar-refractivity contribution in [1.29, 1.82) is 0 Å². The predicted octanol–water partition coefficient (Wildman–Crippen LogP) is 3.13. The van der Waals surface area contributed by atoms with Crippen LogP contribution in [0.4, 0.5) is 0 Å². The Hall–Kier alpha value is -3.02. The van der Waals surface area contributed by atoms with Crippen molar-refractivity contribution in [3.8, 4) is 11.5 Å². The molecule has 1 heterocycles. The van der Waals surface area contributed by atoms with E-state index in [0.717, 1.165) is 5.56 Å². The molecule has 3 rings (SSSR count). The van der Waals surface area contributed by atoms with Crippen LogP contribution in [-0.4, -0.2) is 31.7 Å². The monoisotopic (exact) mass is 340 g/mol. The lowest BCUT2D eigenvalue weighted by Crippen LogP contribution is -2.25. The number of aromatic nitrogens is 1. The van der Waals surface area contributed by atoms with Gasteiger partial charge >= 0.3 is 0 Å². The Kier molecular flexibility index (Phi) is 4.88. The Morgan fingerprint density at radius 3 is 2.68 bits per heavy atom. The number of nitrogens with zero attached hydrogens (tertiary/aromatic N) is 1. The molecule has 25 heavy (non-hydrogen) atoms. The first-order valence-corrected chi connectivity index (χ1v) is 7.97. The van der Waals surface area contributed by atoms with Crippen LogP contribution in [0.2, 0.25) is 0 Å². The maximum atomic E-state index is 12.3. The number of rotatable bonds is 6. The van der Waals surface area contributed by atoms with E-state index in [-0.39, 0.29) is 5.91 Å². The summed E-state index contributed by atoms with van der Waals surface area (Å²) in [6.45, 7) is 2.30. The second kappa shape index (κ2) is 7.25. The molecule has 0 bridgehead atoms. The molecule has 0 saturated heterocycles. The first-order chi connectivity index (χ1) is 12.1. The van der Waals surface area contributed by atoms with Gasteiger partial charge in [0.05, 0.1) is 14.2 Å². The Morgan fingerprint density at radius 1 is 1.12 bits per heavy atom. The molecule has 1 aromatic heterocycles. The first-order valence-electron chi connectivity index (χ1n) is 7.97. The highest BCUT2D eigenvalue weighted by molar-refractivity contribution is 5.97. The molecule has 3 aromatic rings. The number of amides is 1. The van der Waals surface area contributed by atoms with E-state index in [1.807, 2.05) is 18.2 Å². The zero-order valence-corrected chi connectivity index (χ0v) is 14.5. The molecule has 0 atom stereocenters. The fourth-order valence-corrected chi connectivity index (χ4v) is 2.64. The van der Waals surface area contributed by atoms with Crippen molar-refractivity contribution in [2.24, 2.45) is 0 Å². The lowest BCUT2D eigenvalue weighted by atomic mass is 10.1. The number of hydrogen-bond acceptors (Lipinski definition) is 5. The molecule has 0 aliphatic carbocycles. The van der Waals surface area contributed by atoms with Crippen LogP contribution in [-0.2, 0) is 6.42 Å². The molecular formula is C19H20N2O4. The molecule has 130 valence electrons. The minimum Gasteiger partial charge on any atom is -0.493 e. The summed E-state index contributed by atoms with van der Waals surface area (Å²) in [7, 11) is 3.20. The summed E-state index contributed by atoms with van der Waals surface area (Å²) in [5.41, 5.74) is 2.98. The molecule has 0 aliphatic heterocycles. The minimum absolute atomic E-state index is 0.136. The number of nitrogens with one attached hydrogen (secondary N) is 1. The largest absolute Gasteiger partial charge is 0.493 e. The van der Waals surface area contributed by atoms with Gasteiger partial charge in [-0.25, -0.2) is 4.98 Å². The van der Waals surface area contributed by atoms with Crippen molar-refractivity contribution >= 4 is 17.0 Å². The number of carbonyl (C=O) groups excluding carboxylic acids is 1. The molecule has 0 aliphatic rings. The van der Waals surface area contributed by atoms with E-state index in [1.165, 1.54) is 0 Å². The average Bonchev–Trinajstić information content (AvgIpc) is 3.00. The molecule has 0 spiro atoms. The highest BCUT2D eigenvalue weighted by Gasteiger charge is 2.10. The van der Waals surface area contributed by atoms with Crippen molar-refractivity contribution < 1.29 is 18.7 Å². The predicted molar refractivity (Wildman–Crippen MR) is 94.3 cm³/mol. The third kappa shape index (κ3) is 3.74. The van der Waals surface area contributed by atoms with Crippen molar-refractivity contribution in [3.05, 3.63) is 53.4 Å². The van der Waals surface area contributed by atoms with Gasteiger partial charge < -0.3 is 19.2 Å². The van der Waals surface area contributed by atoms with Gasteiger partial charge in [0.15, 0.2) is 23.0 Å². The summed E-state index contributed by atoms with van der Waals surface area (Å²) in [5.74, 6) is 1.81. The Morgan fingerprint density at radius 2 is 1.92 bits per heavy atom. The summed E-state index contributed by atoms with van der Waals surface area (Å²) in [6.07, 6.45) is 0.692. The summed E-state index contributed by atoms with van der Waals surface area (Å²) < 4.78 is 15.9. The minimum atomic E-state index is -0.136. The molecule has 6 nitrogen and oxygen atoms in total. The molecular weight excluding hydrogens is 320 g/mol. The average molecular weight is 340 g/mol. The molecule has 1 amide bonds. The number of carbonyl (C=O) groups is 1. The van der Waals surface area contributed by atoms with Gasteiger partial charge in [-0.3, -0.25) is 4.79 Å². The molecule has 2 aromatic carbocycles. The van der Waals surface area contributed by atoms with Crippen molar-refractivity contribution in [2.45, 2.75) is 13.3 Å². The topological polar surface area (TPSA) is 73.6 Å². The molecule has 0 fully saturated rings. The highest BCUT2D eigenvalue weighted by Crippen LogP contribution is 2.27. The van der Waals surface area contributed by atoms with Gasteiger partial charge in [0.1, 0.15) is 5.52 Å². The Bertz CT molecular complexity index is 902. The van der Waals surface area contributed by atoms with Crippen LogP contribution < -0.4 is 14.8 Å². The summed E-state index contributed by atoms with van der Waals surface area (Å²) >= 11 is 0. The maximum Gasteiger partial charge on any atom is 0.251 e. The highest BCUT2D eigenvalue weighted by atomic mass is 16.5. The molecule has 0 saturated carbocycles. The third-order valence-corrected chi connectivity index (χ3v) is 3.90. The van der Waals surface area contributed by atoms with Gasteiger partial charge in [-0.05, 0) is 42.3 Å². The van der Waals surface area contributed by atoms with E-state index in [1.54, 1.807) is 39.3 Å². The van der Waals surface area contributed by atoms with Gasteiger partial charge in [-0.1, -0.05) is 6.07 Å². The summed E-state index contributed by atoms with van der Waals surface area (Å²) in [6, 6.07) is 11.0. The van der Waals surface area contributed by atoms with E-state index >= 15 is 0 Å². The van der Waals surface area contributed by atoms with Crippen LogP contribution in [0.1, 0.15) is 21.8 Å². The number of aryl methyl sites for hydroxylation is 1. The lowest BCUT2D eigenvalue weighted by Gasteiger charge is -2.10.